The predicted octanol–water partition coefficient (Wildman–Crippen LogP) is 0.570. The molecule has 54 valence electrons. The molecule has 0 aromatic heterocycles. The Morgan fingerprint density at radius 2 is 2.00 bits per heavy atom. The van der Waals surface area contributed by atoms with E-state index in [9.17, 15) is 4.79 Å². The van der Waals surface area contributed by atoms with Gasteiger partial charge in [0.15, 0.2) is 0 Å². The molecule has 0 saturated carbocycles. The third-order valence-corrected chi connectivity index (χ3v) is 1.23. The van der Waals surface area contributed by atoms with E-state index in [0.29, 0.717) is 5.70 Å². The Balaban J connectivity index is 2.93. The van der Waals surface area contributed by atoms with E-state index in [1.54, 1.807) is 0 Å². The molecule has 0 spiro atoms. The largest absolute Gasteiger partial charge is 0.324 e. The van der Waals surface area contributed by atoms with E-state index in [0.717, 1.165) is 5.57 Å². The van der Waals surface area contributed by atoms with Gasteiger partial charge in [0.25, 0.3) is 0 Å². The highest BCUT2D eigenvalue weighted by molar-refractivity contribution is 6.13. The van der Waals surface area contributed by atoms with Crippen LogP contribution in [0.15, 0.2) is 11.3 Å². The Morgan fingerprint density at radius 1 is 1.40 bits per heavy atom. The summed E-state index contributed by atoms with van der Waals surface area (Å²) in [7, 11) is 0. The first-order valence-electron chi connectivity index (χ1n) is 2.95. The lowest BCUT2D eigenvalue weighted by molar-refractivity contribution is 0.250. The molecule has 0 aromatic carbocycles. The van der Waals surface area contributed by atoms with Gasteiger partial charge >= 0.3 is 6.03 Å². The van der Waals surface area contributed by atoms with Crippen molar-refractivity contribution in [3.8, 4) is 0 Å². The van der Waals surface area contributed by atoms with Gasteiger partial charge in [-0.2, -0.15) is 0 Å². The summed E-state index contributed by atoms with van der Waals surface area (Å²) in [6.45, 7) is 3.69. The summed E-state index contributed by atoms with van der Waals surface area (Å²) in [5, 5.41) is 12.0. The molecule has 1 aliphatic rings. The van der Waals surface area contributed by atoms with Crippen LogP contribution in [0.5, 0.6) is 0 Å². The minimum Gasteiger partial charge on any atom is -0.304 e. The molecule has 1 rings (SSSR count). The summed E-state index contributed by atoms with van der Waals surface area (Å²) < 4.78 is 0. The maximum absolute atomic E-state index is 10.6. The van der Waals surface area contributed by atoms with E-state index in [1.807, 2.05) is 13.8 Å². The number of rotatable bonds is 0. The van der Waals surface area contributed by atoms with Crippen molar-refractivity contribution >= 4 is 11.9 Å². The van der Waals surface area contributed by atoms with Gasteiger partial charge in [0.05, 0.1) is 5.70 Å². The molecule has 0 aliphatic carbocycles. The summed E-state index contributed by atoms with van der Waals surface area (Å²) in [5.74, 6) is 0.157. The van der Waals surface area contributed by atoms with E-state index >= 15 is 0 Å². The number of nitrogens with one attached hydrogen (secondary N) is 3. The smallest absolute Gasteiger partial charge is 0.304 e. The molecule has 0 bridgehead atoms. The van der Waals surface area contributed by atoms with E-state index in [2.05, 4.69) is 10.6 Å². The zero-order chi connectivity index (χ0) is 7.72. The Hall–Kier alpha value is -1.32. The third-order valence-electron chi connectivity index (χ3n) is 1.23. The van der Waals surface area contributed by atoms with Crippen LogP contribution in [-0.4, -0.2) is 11.9 Å². The van der Waals surface area contributed by atoms with Crippen LogP contribution < -0.4 is 10.6 Å². The monoisotopic (exact) mass is 139 g/mol. The highest BCUT2D eigenvalue weighted by atomic mass is 16.2. The van der Waals surface area contributed by atoms with Gasteiger partial charge in [-0.05, 0) is 19.4 Å². The van der Waals surface area contributed by atoms with E-state index < -0.39 is 0 Å². The number of amides is 2. The first-order chi connectivity index (χ1) is 4.61. The molecular weight excluding hydrogens is 130 g/mol. The second-order valence-electron chi connectivity index (χ2n) is 2.33. The zero-order valence-corrected chi connectivity index (χ0v) is 5.91. The van der Waals surface area contributed by atoms with Crippen molar-refractivity contribution in [3.63, 3.8) is 0 Å². The maximum Gasteiger partial charge on any atom is 0.324 e. The lowest BCUT2D eigenvalue weighted by Crippen LogP contribution is -2.21. The number of hydrogen-bond acceptors (Lipinski definition) is 2. The third kappa shape index (κ3) is 1.00. The summed E-state index contributed by atoms with van der Waals surface area (Å²) in [6.07, 6.45) is 0. The van der Waals surface area contributed by atoms with Crippen LogP contribution in [0.25, 0.3) is 0 Å². The Labute approximate surface area is 58.8 Å². The van der Waals surface area contributed by atoms with Crippen molar-refractivity contribution in [2.45, 2.75) is 13.8 Å². The number of allylic oxidation sites excluding steroid dienone is 1. The Bertz CT molecular complexity index is 225. The van der Waals surface area contributed by atoms with Crippen LogP contribution in [0, 0.1) is 5.41 Å². The van der Waals surface area contributed by atoms with Crippen LogP contribution in [0.2, 0.25) is 0 Å². The molecule has 0 radical (unpaired) electrons. The van der Waals surface area contributed by atoms with Crippen molar-refractivity contribution in [2.24, 2.45) is 0 Å². The molecule has 4 heteroatoms. The van der Waals surface area contributed by atoms with Crippen LogP contribution in [0.1, 0.15) is 13.8 Å². The number of amidine groups is 1. The van der Waals surface area contributed by atoms with Gasteiger partial charge in [0.1, 0.15) is 5.84 Å². The van der Waals surface area contributed by atoms with Gasteiger partial charge in [0, 0.05) is 0 Å². The first-order valence-corrected chi connectivity index (χ1v) is 2.95. The van der Waals surface area contributed by atoms with Gasteiger partial charge in [0.2, 0.25) is 0 Å². The zero-order valence-electron chi connectivity index (χ0n) is 5.91. The van der Waals surface area contributed by atoms with Gasteiger partial charge in [-0.15, -0.1) is 0 Å². The molecule has 0 unspecified atom stereocenters. The summed E-state index contributed by atoms with van der Waals surface area (Å²) in [6, 6.07) is -0.318. The highest BCUT2D eigenvalue weighted by Gasteiger charge is 2.19. The van der Waals surface area contributed by atoms with Crippen LogP contribution >= 0.6 is 0 Å². The van der Waals surface area contributed by atoms with Crippen molar-refractivity contribution in [1.29, 1.82) is 5.41 Å². The minimum absolute atomic E-state index is 0.157. The minimum atomic E-state index is -0.318. The molecule has 3 N–H and O–H groups in total. The summed E-state index contributed by atoms with van der Waals surface area (Å²) in [5.41, 5.74) is 1.52. The second-order valence-corrected chi connectivity index (χ2v) is 2.33. The van der Waals surface area contributed by atoms with Gasteiger partial charge in [-0.25, -0.2) is 4.79 Å². The predicted molar refractivity (Wildman–Crippen MR) is 37.8 cm³/mol. The van der Waals surface area contributed by atoms with Gasteiger partial charge < -0.3 is 5.32 Å². The molecule has 2 amide bonds. The molecular formula is C6H9N3O. The van der Waals surface area contributed by atoms with Gasteiger partial charge in [-0.3, -0.25) is 10.7 Å². The fraction of sp³-hybridized carbons (Fsp3) is 0.333. The average Bonchev–Trinajstić information content (AvgIpc) is 2.10. The number of carbonyl (C=O) groups is 1. The second kappa shape index (κ2) is 2.13. The van der Waals surface area contributed by atoms with Crippen molar-refractivity contribution in [2.75, 3.05) is 0 Å². The molecule has 0 aromatic rings. The fourth-order valence-corrected chi connectivity index (χ4v) is 0.758. The Kier molecular flexibility index (Phi) is 1.45. The molecule has 1 heterocycles. The molecule has 1 saturated heterocycles. The average molecular weight is 139 g/mol. The lowest BCUT2D eigenvalue weighted by Gasteiger charge is -1.95. The summed E-state index contributed by atoms with van der Waals surface area (Å²) >= 11 is 0. The standard InChI is InChI=1S/C6H9N3O/c1-3(2)4-5(7)9-6(10)8-4/h1-2H3,(H3,7,8,9,10). The molecule has 1 aliphatic heterocycles. The number of carbonyl (C=O) groups excluding carboxylic acids is 1. The number of hydrogen-bond donors (Lipinski definition) is 3. The molecule has 10 heavy (non-hydrogen) atoms. The van der Waals surface area contributed by atoms with Crippen molar-refractivity contribution < 1.29 is 4.79 Å². The topological polar surface area (TPSA) is 65.0 Å². The number of urea groups is 1. The highest BCUT2D eigenvalue weighted by Crippen LogP contribution is 2.03. The molecule has 1 fully saturated rings. The Morgan fingerprint density at radius 3 is 2.20 bits per heavy atom. The van der Waals surface area contributed by atoms with Gasteiger partial charge in [-0.1, -0.05) is 0 Å². The van der Waals surface area contributed by atoms with Crippen molar-refractivity contribution in [3.05, 3.63) is 11.3 Å². The van der Waals surface area contributed by atoms with Crippen LogP contribution in [-0.2, 0) is 0 Å². The van der Waals surface area contributed by atoms with Crippen LogP contribution in [0.4, 0.5) is 4.79 Å². The lowest BCUT2D eigenvalue weighted by atomic mass is 10.2. The van der Waals surface area contributed by atoms with E-state index in [1.165, 1.54) is 0 Å². The normalized spacial score (nSPS) is 16.8. The fourth-order valence-electron chi connectivity index (χ4n) is 0.758. The van der Waals surface area contributed by atoms with E-state index in [4.69, 9.17) is 5.41 Å². The van der Waals surface area contributed by atoms with Crippen molar-refractivity contribution in [1.82, 2.24) is 10.6 Å². The maximum atomic E-state index is 10.6. The van der Waals surface area contributed by atoms with E-state index in [-0.39, 0.29) is 11.9 Å². The SMILES string of the molecule is CC(C)=C1NC(=O)NC1=N. The molecule has 4 nitrogen and oxygen atoms in total. The quantitative estimate of drug-likeness (QED) is 0.451. The first kappa shape index (κ1) is 6.80. The van der Waals surface area contributed by atoms with Crippen LogP contribution in [0.3, 0.4) is 0 Å². The molecule has 0 atom stereocenters. The summed E-state index contributed by atoms with van der Waals surface area (Å²) in [4.78, 5) is 10.6.